The number of hydrogen-bond acceptors (Lipinski definition) is 4. The van der Waals surface area contributed by atoms with Crippen molar-refractivity contribution >= 4 is 11.9 Å². The minimum Gasteiger partial charge on any atom is -0.469 e. The largest absolute Gasteiger partial charge is 0.469 e. The monoisotopic (exact) mass is 203 g/mol. The van der Waals surface area contributed by atoms with Crippen LogP contribution in [0.3, 0.4) is 0 Å². The molecule has 6 nitrogen and oxygen atoms in total. The molecule has 0 atom stereocenters. The fraction of sp³-hybridized carbons (Fsp3) is 0.750. The van der Waals surface area contributed by atoms with Gasteiger partial charge in [-0.15, -0.1) is 0 Å². The first kappa shape index (κ1) is 12.7. The lowest BCUT2D eigenvalue weighted by Gasteiger charge is -2.04. The summed E-state index contributed by atoms with van der Waals surface area (Å²) in [6.07, 6.45) is 0.275. The van der Waals surface area contributed by atoms with Crippen molar-refractivity contribution in [3.63, 3.8) is 0 Å². The summed E-state index contributed by atoms with van der Waals surface area (Å²) in [7, 11) is 2.94. The molecule has 0 aliphatic rings. The molecule has 0 radical (unpaired) electrons. The third-order valence-corrected chi connectivity index (χ3v) is 1.44. The quantitative estimate of drug-likeness (QED) is 0.253. The molecule has 0 aromatic heterocycles. The number of nitrogens with one attached hydrogen (secondary N) is 1. The van der Waals surface area contributed by atoms with Gasteiger partial charge in [-0.25, -0.2) is 0 Å². The van der Waals surface area contributed by atoms with Gasteiger partial charge in [0.05, 0.1) is 26.7 Å². The molecule has 0 aromatic carbocycles. The van der Waals surface area contributed by atoms with Gasteiger partial charge in [0.25, 0.3) is 0 Å². The predicted molar refractivity (Wildman–Crippen MR) is 53.0 cm³/mol. The van der Waals surface area contributed by atoms with E-state index >= 15 is 0 Å². The second kappa shape index (κ2) is 8.31. The SMILES string of the molecule is COCCN=C(N)NCCC(=O)OC. The highest BCUT2D eigenvalue weighted by atomic mass is 16.5. The van der Waals surface area contributed by atoms with E-state index in [1.807, 2.05) is 0 Å². The van der Waals surface area contributed by atoms with E-state index in [0.717, 1.165) is 0 Å². The fourth-order valence-corrected chi connectivity index (χ4v) is 0.708. The van der Waals surface area contributed by atoms with Crippen molar-refractivity contribution < 1.29 is 14.3 Å². The Bertz CT molecular complexity index is 194. The van der Waals surface area contributed by atoms with Gasteiger partial charge >= 0.3 is 5.97 Å². The van der Waals surface area contributed by atoms with Crippen molar-refractivity contribution in [1.29, 1.82) is 0 Å². The standard InChI is InChI=1S/C8H17N3O3/c1-13-6-5-11-8(9)10-4-3-7(12)14-2/h3-6H2,1-2H3,(H3,9,10,11). The molecule has 0 fully saturated rings. The van der Waals surface area contributed by atoms with E-state index in [9.17, 15) is 4.79 Å². The zero-order valence-corrected chi connectivity index (χ0v) is 8.58. The Morgan fingerprint density at radius 2 is 2.21 bits per heavy atom. The van der Waals surface area contributed by atoms with Crippen LogP contribution in [-0.2, 0) is 14.3 Å². The van der Waals surface area contributed by atoms with Gasteiger partial charge in [0, 0.05) is 13.7 Å². The Kier molecular flexibility index (Phi) is 7.53. The van der Waals surface area contributed by atoms with Gasteiger partial charge in [-0.3, -0.25) is 9.79 Å². The van der Waals surface area contributed by atoms with Crippen LogP contribution >= 0.6 is 0 Å². The number of nitrogens with zero attached hydrogens (tertiary/aromatic N) is 1. The third-order valence-electron chi connectivity index (χ3n) is 1.44. The number of nitrogens with two attached hydrogens (primary N) is 1. The van der Waals surface area contributed by atoms with Gasteiger partial charge in [0.1, 0.15) is 0 Å². The summed E-state index contributed by atoms with van der Waals surface area (Å²) in [5.41, 5.74) is 5.47. The summed E-state index contributed by atoms with van der Waals surface area (Å²) in [4.78, 5) is 14.6. The molecule has 0 bridgehead atoms. The predicted octanol–water partition coefficient (Wildman–Crippen LogP) is -0.900. The highest BCUT2D eigenvalue weighted by Crippen LogP contribution is 1.80. The normalized spacial score (nSPS) is 11.1. The number of ether oxygens (including phenoxy) is 2. The minimum atomic E-state index is -0.276. The lowest BCUT2D eigenvalue weighted by Crippen LogP contribution is -2.33. The molecule has 82 valence electrons. The van der Waals surface area contributed by atoms with Gasteiger partial charge in [0.15, 0.2) is 5.96 Å². The molecule has 0 aliphatic carbocycles. The van der Waals surface area contributed by atoms with Crippen molar-refractivity contribution in [2.24, 2.45) is 10.7 Å². The maximum absolute atomic E-state index is 10.7. The number of carbonyl (C=O) groups excluding carboxylic acids is 1. The van der Waals surface area contributed by atoms with E-state index < -0.39 is 0 Å². The van der Waals surface area contributed by atoms with E-state index in [4.69, 9.17) is 10.5 Å². The van der Waals surface area contributed by atoms with Crippen LogP contribution in [0.1, 0.15) is 6.42 Å². The first-order chi connectivity index (χ1) is 6.70. The topological polar surface area (TPSA) is 85.9 Å². The fourth-order valence-electron chi connectivity index (χ4n) is 0.708. The van der Waals surface area contributed by atoms with Crippen LogP contribution < -0.4 is 11.1 Å². The van der Waals surface area contributed by atoms with Gasteiger partial charge in [-0.2, -0.15) is 0 Å². The molecule has 0 unspecified atom stereocenters. The Balaban J connectivity index is 3.47. The zero-order valence-electron chi connectivity index (χ0n) is 8.58. The molecule has 0 rings (SSSR count). The van der Waals surface area contributed by atoms with Crippen LogP contribution in [-0.4, -0.2) is 45.8 Å². The summed E-state index contributed by atoms with van der Waals surface area (Å²) in [6, 6.07) is 0. The van der Waals surface area contributed by atoms with Crippen LogP contribution in [0.5, 0.6) is 0 Å². The van der Waals surface area contributed by atoms with Crippen molar-refractivity contribution in [3.05, 3.63) is 0 Å². The Labute approximate surface area is 83.5 Å². The van der Waals surface area contributed by atoms with E-state index in [1.54, 1.807) is 7.11 Å². The highest BCUT2D eigenvalue weighted by Gasteiger charge is 1.98. The highest BCUT2D eigenvalue weighted by molar-refractivity contribution is 5.78. The smallest absolute Gasteiger partial charge is 0.307 e. The number of methoxy groups -OCH3 is 2. The first-order valence-electron chi connectivity index (χ1n) is 4.30. The summed E-state index contributed by atoms with van der Waals surface area (Å²) in [5.74, 6) is 0.0353. The minimum absolute atomic E-state index is 0.275. The van der Waals surface area contributed by atoms with E-state index in [1.165, 1.54) is 7.11 Å². The molecule has 0 spiro atoms. The van der Waals surface area contributed by atoms with Crippen molar-refractivity contribution in [2.75, 3.05) is 33.9 Å². The van der Waals surface area contributed by atoms with Crippen LogP contribution in [0.4, 0.5) is 0 Å². The Morgan fingerprint density at radius 1 is 1.50 bits per heavy atom. The van der Waals surface area contributed by atoms with Crippen LogP contribution in [0, 0.1) is 0 Å². The second-order valence-electron chi connectivity index (χ2n) is 2.51. The number of carbonyl (C=O) groups is 1. The van der Waals surface area contributed by atoms with Crippen molar-refractivity contribution in [3.8, 4) is 0 Å². The molecule has 0 heterocycles. The Hall–Kier alpha value is -1.30. The molecule has 0 saturated carbocycles. The average Bonchev–Trinajstić information content (AvgIpc) is 2.18. The molecular weight excluding hydrogens is 186 g/mol. The average molecular weight is 203 g/mol. The lowest BCUT2D eigenvalue weighted by atomic mass is 10.4. The number of aliphatic imine (C=N–C) groups is 1. The summed E-state index contributed by atoms with van der Waals surface area (Å²) in [5, 5.41) is 2.78. The van der Waals surface area contributed by atoms with Gasteiger partial charge in [-0.1, -0.05) is 0 Å². The summed E-state index contributed by atoms with van der Waals surface area (Å²) in [6.45, 7) is 1.46. The molecular formula is C8H17N3O3. The summed E-state index contributed by atoms with van der Waals surface area (Å²) < 4.78 is 9.24. The second-order valence-corrected chi connectivity index (χ2v) is 2.51. The molecule has 0 aliphatic heterocycles. The van der Waals surface area contributed by atoms with Gasteiger partial charge in [0.2, 0.25) is 0 Å². The van der Waals surface area contributed by atoms with Gasteiger partial charge < -0.3 is 20.5 Å². The van der Waals surface area contributed by atoms with Gasteiger partial charge in [-0.05, 0) is 0 Å². The van der Waals surface area contributed by atoms with Crippen molar-refractivity contribution in [1.82, 2.24) is 5.32 Å². The molecule has 0 aromatic rings. The molecule has 14 heavy (non-hydrogen) atoms. The van der Waals surface area contributed by atoms with Crippen LogP contribution in [0.2, 0.25) is 0 Å². The lowest BCUT2D eigenvalue weighted by molar-refractivity contribution is -0.140. The van der Waals surface area contributed by atoms with Crippen molar-refractivity contribution in [2.45, 2.75) is 6.42 Å². The third kappa shape index (κ3) is 7.35. The van der Waals surface area contributed by atoms with Crippen LogP contribution in [0.15, 0.2) is 4.99 Å². The molecule has 6 heteroatoms. The van der Waals surface area contributed by atoms with E-state index in [2.05, 4.69) is 15.0 Å². The maximum Gasteiger partial charge on any atom is 0.307 e. The first-order valence-corrected chi connectivity index (χ1v) is 4.30. The number of hydrogen-bond donors (Lipinski definition) is 2. The molecule has 3 N–H and O–H groups in total. The van der Waals surface area contributed by atoms with Crippen LogP contribution in [0.25, 0.3) is 0 Å². The number of guanidine groups is 1. The molecule has 0 amide bonds. The molecule has 0 saturated heterocycles. The summed E-state index contributed by atoms with van der Waals surface area (Å²) >= 11 is 0. The Morgan fingerprint density at radius 3 is 2.79 bits per heavy atom. The van der Waals surface area contributed by atoms with E-state index in [0.29, 0.717) is 25.7 Å². The maximum atomic E-state index is 10.7. The number of rotatable bonds is 6. The zero-order chi connectivity index (χ0) is 10.8. The van der Waals surface area contributed by atoms with E-state index in [-0.39, 0.29) is 12.4 Å². The number of esters is 1.